The van der Waals surface area contributed by atoms with Crippen molar-refractivity contribution in [3.63, 3.8) is 0 Å². The van der Waals surface area contributed by atoms with E-state index in [-0.39, 0.29) is 5.78 Å². The molecule has 0 bridgehead atoms. The lowest BCUT2D eigenvalue weighted by molar-refractivity contribution is 0.101. The molecule has 20 heavy (non-hydrogen) atoms. The van der Waals surface area contributed by atoms with Crippen molar-refractivity contribution in [2.24, 2.45) is 0 Å². The van der Waals surface area contributed by atoms with E-state index in [1.165, 1.54) is 0 Å². The number of halogens is 2. The van der Waals surface area contributed by atoms with Gasteiger partial charge >= 0.3 is 0 Å². The number of carbonyl (C=O) groups excluding carboxylic acids is 1. The first-order valence-electron chi connectivity index (χ1n) is 6.05. The van der Waals surface area contributed by atoms with Gasteiger partial charge < -0.3 is 4.42 Å². The number of benzene rings is 2. The lowest BCUT2D eigenvalue weighted by atomic mass is 10.1. The Morgan fingerprint density at radius 2 is 2.00 bits per heavy atom. The average molecular weight is 350 g/mol. The molecule has 4 heteroatoms. The van der Waals surface area contributed by atoms with Gasteiger partial charge in [-0.3, -0.25) is 4.79 Å². The van der Waals surface area contributed by atoms with Gasteiger partial charge in [-0.15, -0.1) is 0 Å². The van der Waals surface area contributed by atoms with Crippen LogP contribution >= 0.6 is 27.5 Å². The second-order valence-corrected chi connectivity index (χ2v) is 5.82. The molecule has 0 saturated carbocycles. The molecule has 1 aromatic heterocycles. The maximum atomic E-state index is 12.4. The van der Waals surface area contributed by atoms with Crippen LogP contribution < -0.4 is 0 Å². The number of para-hydroxylation sites is 1. The summed E-state index contributed by atoms with van der Waals surface area (Å²) in [6.07, 6.45) is 0. The molecule has 0 amide bonds. The molecule has 0 saturated heterocycles. The van der Waals surface area contributed by atoms with Crippen molar-refractivity contribution in [1.82, 2.24) is 0 Å². The van der Waals surface area contributed by atoms with E-state index < -0.39 is 0 Å². The SMILES string of the molecule is Cc1ccc(C(=O)c2cc3cccc(Br)c3o2)cc1Cl. The first kappa shape index (κ1) is 13.4. The molecule has 3 aromatic rings. The molecule has 0 unspecified atom stereocenters. The van der Waals surface area contributed by atoms with Crippen molar-refractivity contribution >= 4 is 44.3 Å². The highest BCUT2D eigenvalue weighted by Crippen LogP contribution is 2.28. The number of carbonyl (C=O) groups is 1. The molecular weight excluding hydrogens is 340 g/mol. The van der Waals surface area contributed by atoms with Crippen LogP contribution in [0.4, 0.5) is 0 Å². The molecule has 0 N–H and O–H groups in total. The average Bonchev–Trinajstić information content (AvgIpc) is 2.86. The van der Waals surface area contributed by atoms with E-state index in [0.29, 0.717) is 21.9 Å². The minimum atomic E-state index is -0.171. The first-order chi connectivity index (χ1) is 9.56. The summed E-state index contributed by atoms with van der Waals surface area (Å²) < 4.78 is 6.48. The van der Waals surface area contributed by atoms with Crippen molar-refractivity contribution < 1.29 is 9.21 Å². The second-order valence-electron chi connectivity index (χ2n) is 4.56. The van der Waals surface area contributed by atoms with Crippen LogP contribution in [-0.2, 0) is 0 Å². The number of fused-ring (bicyclic) bond motifs is 1. The Labute approximate surface area is 129 Å². The van der Waals surface area contributed by atoms with Crippen molar-refractivity contribution in [2.75, 3.05) is 0 Å². The Morgan fingerprint density at radius 3 is 2.70 bits per heavy atom. The van der Waals surface area contributed by atoms with Gasteiger partial charge in [0.05, 0.1) is 4.47 Å². The number of ketones is 1. The fraction of sp³-hybridized carbons (Fsp3) is 0.0625. The Morgan fingerprint density at radius 1 is 1.20 bits per heavy atom. The molecule has 0 radical (unpaired) electrons. The second kappa shape index (κ2) is 5.08. The molecule has 1 heterocycles. The van der Waals surface area contributed by atoms with E-state index >= 15 is 0 Å². The molecular formula is C16H10BrClO2. The summed E-state index contributed by atoms with van der Waals surface area (Å²) in [5, 5.41) is 1.47. The highest BCUT2D eigenvalue weighted by Gasteiger charge is 2.16. The van der Waals surface area contributed by atoms with Crippen molar-refractivity contribution in [1.29, 1.82) is 0 Å². The van der Waals surface area contributed by atoms with Gasteiger partial charge in [-0.2, -0.15) is 0 Å². The van der Waals surface area contributed by atoms with E-state index in [9.17, 15) is 4.79 Å². The standard InChI is InChI=1S/C16H10BrClO2/c1-9-5-6-10(7-13(9)18)15(19)14-8-11-3-2-4-12(17)16(11)20-14/h2-8H,1H3. The van der Waals surface area contributed by atoms with Crippen LogP contribution in [0.5, 0.6) is 0 Å². The molecule has 2 aromatic carbocycles. The molecule has 0 aliphatic rings. The topological polar surface area (TPSA) is 30.2 Å². The van der Waals surface area contributed by atoms with Crippen LogP contribution in [0.1, 0.15) is 21.7 Å². The molecule has 0 fully saturated rings. The largest absolute Gasteiger partial charge is 0.451 e. The number of aryl methyl sites for hydroxylation is 1. The van der Waals surface area contributed by atoms with Crippen LogP contribution in [-0.4, -0.2) is 5.78 Å². The molecule has 2 nitrogen and oxygen atoms in total. The van der Waals surface area contributed by atoms with E-state index in [2.05, 4.69) is 15.9 Å². The van der Waals surface area contributed by atoms with Crippen LogP contribution in [0.2, 0.25) is 5.02 Å². The molecule has 3 rings (SSSR count). The minimum Gasteiger partial charge on any atom is -0.451 e. The fourth-order valence-corrected chi connectivity index (χ4v) is 2.66. The van der Waals surface area contributed by atoms with E-state index in [0.717, 1.165) is 15.4 Å². The molecule has 0 spiro atoms. The summed E-state index contributed by atoms with van der Waals surface area (Å²) in [6, 6.07) is 12.7. The zero-order valence-electron chi connectivity index (χ0n) is 10.6. The van der Waals surface area contributed by atoms with Crippen LogP contribution in [0.25, 0.3) is 11.0 Å². The number of hydrogen-bond donors (Lipinski definition) is 0. The summed E-state index contributed by atoms with van der Waals surface area (Å²) in [5.74, 6) is 0.141. The Hall–Kier alpha value is -1.58. The third kappa shape index (κ3) is 2.28. The quantitative estimate of drug-likeness (QED) is 0.581. The monoisotopic (exact) mass is 348 g/mol. The maximum Gasteiger partial charge on any atom is 0.228 e. The zero-order chi connectivity index (χ0) is 14.3. The lowest BCUT2D eigenvalue weighted by Gasteiger charge is -2.01. The number of hydrogen-bond acceptors (Lipinski definition) is 2. The zero-order valence-corrected chi connectivity index (χ0v) is 13.0. The first-order valence-corrected chi connectivity index (χ1v) is 7.22. The maximum absolute atomic E-state index is 12.4. The van der Waals surface area contributed by atoms with Crippen molar-refractivity contribution in [3.8, 4) is 0 Å². The molecule has 0 atom stereocenters. The predicted octanol–water partition coefficient (Wildman–Crippen LogP) is 5.39. The van der Waals surface area contributed by atoms with Crippen LogP contribution in [0, 0.1) is 6.92 Å². The summed E-state index contributed by atoms with van der Waals surface area (Å²) in [6.45, 7) is 1.90. The van der Waals surface area contributed by atoms with Gasteiger partial charge in [-0.05, 0) is 46.6 Å². The minimum absolute atomic E-state index is 0.171. The van der Waals surface area contributed by atoms with Gasteiger partial charge in [0.1, 0.15) is 5.58 Å². The normalized spacial score (nSPS) is 10.9. The molecule has 0 aliphatic heterocycles. The van der Waals surface area contributed by atoms with Gasteiger partial charge in [-0.1, -0.05) is 35.9 Å². The third-order valence-electron chi connectivity index (χ3n) is 3.15. The molecule has 100 valence electrons. The Bertz CT molecular complexity index is 820. The third-order valence-corrected chi connectivity index (χ3v) is 4.19. The molecule has 0 aliphatic carbocycles. The predicted molar refractivity (Wildman–Crippen MR) is 83.5 cm³/mol. The van der Waals surface area contributed by atoms with Gasteiger partial charge in [0.25, 0.3) is 0 Å². The van der Waals surface area contributed by atoms with Crippen LogP contribution in [0.15, 0.2) is 51.4 Å². The van der Waals surface area contributed by atoms with Crippen LogP contribution in [0.3, 0.4) is 0 Å². The van der Waals surface area contributed by atoms with Gasteiger partial charge in [-0.25, -0.2) is 0 Å². The summed E-state index contributed by atoms with van der Waals surface area (Å²) in [7, 11) is 0. The Kier molecular flexibility index (Phi) is 3.40. The summed E-state index contributed by atoms with van der Waals surface area (Å²) in [4.78, 5) is 12.4. The highest BCUT2D eigenvalue weighted by molar-refractivity contribution is 9.10. The Balaban J connectivity index is 2.08. The van der Waals surface area contributed by atoms with Gasteiger partial charge in [0.2, 0.25) is 5.78 Å². The number of rotatable bonds is 2. The van der Waals surface area contributed by atoms with Gasteiger partial charge in [0, 0.05) is 16.0 Å². The van der Waals surface area contributed by atoms with Crippen molar-refractivity contribution in [3.05, 3.63) is 68.8 Å². The smallest absolute Gasteiger partial charge is 0.228 e. The van der Waals surface area contributed by atoms with E-state index in [1.54, 1.807) is 18.2 Å². The summed E-state index contributed by atoms with van der Waals surface area (Å²) in [5.41, 5.74) is 2.14. The number of furan rings is 1. The van der Waals surface area contributed by atoms with E-state index in [4.69, 9.17) is 16.0 Å². The van der Waals surface area contributed by atoms with Crippen molar-refractivity contribution in [2.45, 2.75) is 6.92 Å². The fourth-order valence-electron chi connectivity index (χ4n) is 2.02. The summed E-state index contributed by atoms with van der Waals surface area (Å²) >= 11 is 9.47. The van der Waals surface area contributed by atoms with E-state index in [1.807, 2.05) is 31.2 Å². The van der Waals surface area contributed by atoms with Gasteiger partial charge in [0.15, 0.2) is 5.76 Å². The highest BCUT2D eigenvalue weighted by atomic mass is 79.9. The lowest BCUT2D eigenvalue weighted by Crippen LogP contribution is -1.99.